The molecule has 3 atom stereocenters. The summed E-state index contributed by atoms with van der Waals surface area (Å²) in [5.74, 6) is 1.000. The number of aromatic nitrogens is 2. The molecule has 0 spiro atoms. The van der Waals surface area contributed by atoms with Crippen LogP contribution in [0.25, 0.3) is 10.9 Å². The molecule has 0 aliphatic heterocycles. The predicted molar refractivity (Wildman–Crippen MR) is 135 cm³/mol. The highest BCUT2D eigenvalue weighted by molar-refractivity contribution is 8.33. The molecule has 0 aliphatic carbocycles. The summed E-state index contributed by atoms with van der Waals surface area (Å²) < 4.78 is 10.1. The number of rotatable bonds is 7. The lowest BCUT2D eigenvalue weighted by Crippen LogP contribution is -2.21. The number of benzene rings is 2. The molecule has 2 heterocycles. The highest BCUT2D eigenvalue weighted by atomic mass is 32.4. The third-order valence-electron chi connectivity index (χ3n) is 4.84. The molecule has 4 rings (SSSR count). The highest BCUT2D eigenvalue weighted by Crippen LogP contribution is 2.29. The predicted octanol–water partition coefficient (Wildman–Crippen LogP) is 6.10. The Morgan fingerprint density at radius 2 is 1.67 bits per heavy atom. The fourth-order valence-corrected chi connectivity index (χ4v) is 3.39. The Labute approximate surface area is 184 Å². The summed E-state index contributed by atoms with van der Waals surface area (Å²) in [5.41, 5.74) is 2.21. The van der Waals surface area contributed by atoms with Crippen LogP contribution in [0.2, 0.25) is 0 Å². The number of carbonyl (C=O) groups excluding carboxylic acids is 1. The molecule has 0 radical (unpaired) electrons. The topological polar surface area (TPSA) is 36.2 Å². The van der Waals surface area contributed by atoms with Crippen LogP contribution in [-0.4, -0.2) is 14.9 Å². The van der Waals surface area contributed by atoms with Crippen molar-refractivity contribution in [3.05, 3.63) is 90.9 Å². The van der Waals surface area contributed by atoms with Crippen LogP contribution < -0.4 is 4.74 Å². The van der Waals surface area contributed by atoms with E-state index < -0.39 is 0 Å². The average Bonchev–Trinajstić information content (AvgIpc) is 3.42. The normalized spacial score (nSPS) is 11.6. The van der Waals surface area contributed by atoms with Gasteiger partial charge in [-0.3, -0.25) is 4.79 Å². The molecule has 4 nitrogen and oxygen atoms in total. The van der Waals surface area contributed by atoms with E-state index in [1.54, 1.807) is 6.92 Å². The van der Waals surface area contributed by atoms with Crippen LogP contribution in [0.5, 0.6) is 5.75 Å². The minimum atomic E-state index is -0.218. The number of carbonyl (C=O) groups is 1. The molecule has 2 aromatic carbocycles. The van der Waals surface area contributed by atoms with Gasteiger partial charge in [0.2, 0.25) is 0 Å². The largest absolute Gasteiger partial charge is 0.488 e. The number of hydrogen-bond acceptors (Lipinski definition) is 2. The zero-order valence-corrected chi connectivity index (χ0v) is 20.2. The van der Waals surface area contributed by atoms with Gasteiger partial charge in [-0.2, -0.15) is 0 Å². The second-order valence-electron chi connectivity index (χ2n) is 6.85. The summed E-state index contributed by atoms with van der Waals surface area (Å²) in [7, 11) is 6.06. The lowest BCUT2D eigenvalue weighted by Gasteiger charge is -2.18. The highest BCUT2D eigenvalue weighted by Gasteiger charge is 2.17. The van der Waals surface area contributed by atoms with E-state index >= 15 is 0 Å². The summed E-state index contributed by atoms with van der Waals surface area (Å²) in [6, 6.07) is 21.9. The molecule has 156 valence electrons. The molecule has 0 aliphatic rings. The number of Topliss-reactive ketones (excluding diaryl/α,β-unsaturated/α-hetero) is 1. The molecule has 7 heteroatoms. The van der Waals surface area contributed by atoms with Crippen molar-refractivity contribution in [3.8, 4) is 5.75 Å². The Hall–Kier alpha value is -1.98. The van der Waals surface area contributed by atoms with Crippen molar-refractivity contribution < 1.29 is 9.53 Å². The van der Waals surface area contributed by atoms with Gasteiger partial charge >= 0.3 is 0 Å². The fraction of sp³-hybridized carbons (Fsp3) is 0.174. The Morgan fingerprint density at radius 3 is 2.33 bits per heavy atom. The van der Waals surface area contributed by atoms with Crippen LogP contribution in [-0.2, 0) is 17.9 Å². The molecule has 0 fully saturated rings. The van der Waals surface area contributed by atoms with Gasteiger partial charge < -0.3 is 13.9 Å². The van der Waals surface area contributed by atoms with Gasteiger partial charge in [-0.15, -0.1) is 17.9 Å². The van der Waals surface area contributed by atoms with Crippen molar-refractivity contribution in [2.75, 3.05) is 0 Å². The quantitative estimate of drug-likeness (QED) is 0.315. The maximum atomic E-state index is 12.2. The summed E-state index contributed by atoms with van der Waals surface area (Å²) in [6.07, 6.45) is 5.90. The van der Waals surface area contributed by atoms with Crippen molar-refractivity contribution in [2.45, 2.75) is 26.1 Å². The molecule has 30 heavy (non-hydrogen) atoms. The number of fused-ring (bicyclic) bond motifs is 1. The van der Waals surface area contributed by atoms with Crippen LogP contribution >= 0.6 is 25.8 Å². The molecule has 2 aromatic heterocycles. The average molecular weight is 456 g/mol. The van der Waals surface area contributed by atoms with E-state index in [9.17, 15) is 4.79 Å². The summed E-state index contributed by atoms with van der Waals surface area (Å²) in [6.45, 7) is 2.77. The molecule has 0 N–H and O–H groups in total. The summed E-state index contributed by atoms with van der Waals surface area (Å²) in [5, 5.41) is 1.06. The first kappa shape index (κ1) is 22.7. The Kier molecular flexibility index (Phi) is 8.64. The molecular weight excluding hydrogens is 429 g/mol. The Bertz CT molecular complexity index is 1060. The fourth-order valence-electron chi connectivity index (χ4n) is 3.39. The van der Waals surface area contributed by atoms with Gasteiger partial charge in [0, 0.05) is 24.0 Å². The monoisotopic (exact) mass is 456 g/mol. The lowest BCUT2D eigenvalue weighted by atomic mass is 10.2. The second kappa shape index (κ2) is 11.4. The van der Waals surface area contributed by atoms with Gasteiger partial charge in [0.15, 0.2) is 5.78 Å². The SMILES string of the molecule is CC(=O)[C@H](Cn1ccc2c(OCc3ccccc3)cccc21)n1cccc1.PPP. The zero-order chi connectivity index (χ0) is 21.3. The van der Waals surface area contributed by atoms with Crippen molar-refractivity contribution in [2.24, 2.45) is 0 Å². The third-order valence-corrected chi connectivity index (χ3v) is 4.84. The first-order chi connectivity index (χ1) is 14.6. The van der Waals surface area contributed by atoms with Crippen LogP contribution in [0, 0.1) is 0 Å². The van der Waals surface area contributed by atoms with E-state index in [2.05, 4.69) is 46.7 Å². The molecule has 0 saturated carbocycles. The Balaban J connectivity index is 0.000000806. The van der Waals surface area contributed by atoms with Crippen LogP contribution in [0.15, 0.2) is 85.3 Å². The van der Waals surface area contributed by atoms with Gasteiger partial charge in [-0.25, -0.2) is 0 Å². The minimum Gasteiger partial charge on any atom is -0.488 e. The van der Waals surface area contributed by atoms with E-state index in [1.165, 1.54) is 0 Å². The molecule has 4 aromatic rings. The Morgan fingerprint density at radius 1 is 0.967 bits per heavy atom. The van der Waals surface area contributed by atoms with Crippen molar-refractivity contribution in [1.29, 1.82) is 0 Å². The minimum absolute atomic E-state index is 0.143. The van der Waals surface area contributed by atoms with Gasteiger partial charge in [0.05, 0.1) is 12.1 Å². The molecule has 0 amide bonds. The maximum Gasteiger partial charge on any atom is 0.154 e. The zero-order valence-electron chi connectivity index (χ0n) is 16.9. The molecular formula is C23H27N2O2P3. The standard InChI is InChI=1S/C23H22N2O2.H5P3/c1-18(26)22(24-13-5-6-14-24)16-25-15-12-20-21(25)10-7-11-23(20)27-17-19-8-3-2-4-9-19;1-3-2/h2-15,22H,16-17H2,1H3;3H,1-2H2/t22-;/m0./s1. The van der Waals surface area contributed by atoms with Gasteiger partial charge in [0.25, 0.3) is 0 Å². The van der Waals surface area contributed by atoms with Gasteiger partial charge in [-0.05, 0) is 42.8 Å². The van der Waals surface area contributed by atoms with Crippen LogP contribution in [0.4, 0.5) is 0 Å². The second-order valence-corrected chi connectivity index (χ2v) is 11.2. The number of nitrogens with zero attached hydrogens (tertiary/aromatic N) is 2. The first-order valence-electron chi connectivity index (χ1n) is 9.67. The van der Waals surface area contributed by atoms with E-state index in [0.717, 1.165) is 30.2 Å². The smallest absolute Gasteiger partial charge is 0.154 e. The van der Waals surface area contributed by atoms with Crippen molar-refractivity contribution >= 4 is 42.5 Å². The molecule has 0 bridgehead atoms. The maximum absolute atomic E-state index is 12.2. The lowest BCUT2D eigenvalue weighted by molar-refractivity contribution is -0.120. The summed E-state index contributed by atoms with van der Waals surface area (Å²) >= 11 is 0. The van der Waals surface area contributed by atoms with E-state index in [0.29, 0.717) is 13.2 Å². The third kappa shape index (κ3) is 5.79. The first-order valence-corrected chi connectivity index (χ1v) is 14.3. The van der Waals surface area contributed by atoms with Gasteiger partial charge in [-0.1, -0.05) is 44.4 Å². The van der Waals surface area contributed by atoms with Crippen LogP contribution in [0.3, 0.4) is 0 Å². The van der Waals surface area contributed by atoms with E-state index in [4.69, 9.17) is 4.74 Å². The number of ketones is 1. The molecule has 2 unspecified atom stereocenters. The number of hydrogen-bond donors (Lipinski definition) is 0. The number of ether oxygens (including phenoxy) is 1. The van der Waals surface area contributed by atoms with E-state index in [-0.39, 0.29) is 11.8 Å². The van der Waals surface area contributed by atoms with E-state index in [1.807, 2.05) is 65.6 Å². The van der Waals surface area contributed by atoms with Crippen molar-refractivity contribution in [3.63, 3.8) is 0 Å². The van der Waals surface area contributed by atoms with Gasteiger partial charge in [0.1, 0.15) is 18.4 Å². The summed E-state index contributed by atoms with van der Waals surface area (Å²) in [4.78, 5) is 12.2. The molecule has 0 saturated heterocycles. The van der Waals surface area contributed by atoms with Crippen molar-refractivity contribution in [1.82, 2.24) is 9.13 Å². The van der Waals surface area contributed by atoms with Crippen LogP contribution in [0.1, 0.15) is 18.5 Å².